The van der Waals surface area contributed by atoms with Gasteiger partial charge in [0.05, 0.1) is 12.2 Å². The zero-order valence-corrected chi connectivity index (χ0v) is 75.5. The second kappa shape index (κ2) is 77.8. The maximum absolute atomic E-state index is 9.36. The van der Waals surface area contributed by atoms with Crippen LogP contribution in [-0.2, 0) is 106 Å². The Morgan fingerprint density at radius 1 is 0.235 bits per heavy atom. The van der Waals surface area contributed by atoms with Crippen molar-refractivity contribution in [2.24, 2.45) is 0 Å². The number of aliphatic hydroxyl groups excluding tert-OH is 6. The van der Waals surface area contributed by atoms with Crippen LogP contribution in [0.4, 0.5) is 0 Å². The molecule has 0 amide bonds. The van der Waals surface area contributed by atoms with Gasteiger partial charge < -0.3 is 137 Å². The van der Waals surface area contributed by atoms with Gasteiger partial charge in [-0.15, -0.1) is 0 Å². The van der Waals surface area contributed by atoms with E-state index in [-0.39, 0.29) is 26.4 Å². The zero-order chi connectivity index (χ0) is 77.3. The van der Waals surface area contributed by atoms with Crippen LogP contribution in [0.15, 0.2) is 0 Å². The third-order valence-electron chi connectivity index (χ3n) is 12.6. The van der Waals surface area contributed by atoms with E-state index in [4.69, 9.17) is 132 Å². The van der Waals surface area contributed by atoms with Crippen LogP contribution in [0.25, 0.3) is 0 Å². The van der Waals surface area contributed by atoms with Crippen molar-refractivity contribution in [2.75, 3.05) is 203 Å². The Bertz CT molecular complexity index is 1390. The summed E-state index contributed by atoms with van der Waals surface area (Å²) in [6.07, 6.45) is 2.36. The molecule has 0 aromatic rings. The highest BCUT2D eigenvalue weighted by molar-refractivity contribution is 7.80. The van der Waals surface area contributed by atoms with Crippen molar-refractivity contribution in [1.29, 1.82) is 0 Å². The van der Waals surface area contributed by atoms with E-state index in [1.807, 2.05) is 83.1 Å². The van der Waals surface area contributed by atoms with Gasteiger partial charge in [0.2, 0.25) is 0 Å². The minimum absolute atomic E-state index is 0.0295. The highest BCUT2D eigenvalue weighted by atomic mass is 32.1. The third kappa shape index (κ3) is 59.3. The molecule has 0 aliphatic rings. The number of hydrogen-bond donors (Lipinski definition) is 8. The van der Waals surface area contributed by atoms with Gasteiger partial charge in [0.15, 0.2) is 0 Å². The minimum Gasteiger partial charge on any atom is -0.396 e. The number of thiol groups is 2. The lowest BCUT2D eigenvalue weighted by atomic mass is 10.5. The smallest absolute Gasteiger partial charge is 0.396 e. The topological polar surface area (TPSA) is 343 Å². The van der Waals surface area contributed by atoms with Crippen LogP contribution in [0, 0.1) is 0 Å². The Labute approximate surface area is 614 Å². The van der Waals surface area contributed by atoms with Crippen LogP contribution < -0.4 is 0 Å². The predicted octanol–water partition coefficient (Wildman–Crippen LogP) is 7.75. The fraction of sp³-hybridized carbons (Fsp3) is 1.00. The number of hydrogen-bond acceptors (Lipinski definition) is 32. The van der Waals surface area contributed by atoms with E-state index in [0.29, 0.717) is 128 Å². The van der Waals surface area contributed by atoms with Crippen molar-refractivity contribution >= 4 is 95.7 Å². The van der Waals surface area contributed by atoms with Crippen LogP contribution in [0.2, 0.25) is 48.4 Å². The highest BCUT2D eigenvalue weighted by Crippen LogP contribution is 2.22. The van der Waals surface area contributed by atoms with Crippen molar-refractivity contribution in [2.45, 2.75) is 183 Å². The van der Waals surface area contributed by atoms with Gasteiger partial charge in [-0.05, 0) is 134 Å². The summed E-state index contributed by atoms with van der Waals surface area (Å²) in [7, 11) is -0.957. The number of rotatable bonds is 56. The Balaban J connectivity index is -0.000000158. The van der Waals surface area contributed by atoms with E-state index < -0.39 is 82.6 Å². The summed E-state index contributed by atoms with van der Waals surface area (Å²) in [6, 6.07) is 4.86. The standard InChI is InChI=1S/2C9H22O4Si.C9H22O3SSi.C8H20O4Si.2C6H16O4Si.C6H16O3SSi.C5H14O4Si/c1-5-11-14(12-6-2,13-7-3)8-9(4)10;1-4-11-14(12-5-2,13-6-3)9-7-8-10;1-4-10-14(11-5-2,12-6-3)9-7-8-13;1-4-10-13(8-7-9,11-5-2)12-6-3;1-6(7)5-11(8-2,9-3)10-4;1-8-11(9-2,10-3)6-4-5-7;1-7-11(8-2,9-3)6-4-5-10;1-7-10(8-2,9-3)5-4-6/h9-10H,5-8H2,1-4H3;10H,4-9H2,1-3H3;13H,4-9H2,1-3H3;9H,4-8H2,1-3H3;6-7H,5H2,1-4H3;7H,4-6H2,1-3H3;10H,4-6H2,1-3H3;6H,4-5H2,1-3H3. The second-order valence-electron chi connectivity index (χ2n) is 19.5. The van der Waals surface area contributed by atoms with Gasteiger partial charge in [-0.1, -0.05) is 0 Å². The van der Waals surface area contributed by atoms with Gasteiger partial charge in [0.25, 0.3) is 0 Å². The first kappa shape index (κ1) is 115. The molecule has 0 aromatic carbocycles. The Morgan fingerprint density at radius 2 is 0.398 bits per heavy atom. The van der Waals surface area contributed by atoms with Gasteiger partial charge >= 0.3 is 70.4 Å². The molecule has 2 atom stereocenters. The normalized spacial score (nSPS) is 12.7. The molecule has 0 aliphatic carbocycles. The molecule has 0 aromatic heterocycles. The SMILES string of the molecule is CCO[Si](CC(C)O)(OCC)OCC.CCO[Si](CCCO)(OCC)OCC.CCO[Si](CCCS)(OCC)OCC.CCO[Si](CCO)(OCC)OCC.CO[Si](CC(C)O)(OC)OC.CO[Si](CCCO)(OC)OC.CO[Si](CCCS)(OC)OC.CO[Si](CCO)(OC)OC. The van der Waals surface area contributed by atoms with Gasteiger partial charge in [-0.25, -0.2) is 0 Å². The number of aliphatic hydroxyl groups is 6. The molecule has 0 rings (SSSR count). The third-order valence-corrected chi connectivity index (χ3v) is 37.2. The summed E-state index contributed by atoms with van der Waals surface area (Å²) in [4.78, 5) is 0. The van der Waals surface area contributed by atoms with Crippen LogP contribution in [-0.4, -0.2) is 316 Å². The largest absolute Gasteiger partial charge is 0.503 e. The quantitative estimate of drug-likeness (QED) is 0.0213. The van der Waals surface area contributed by atoms with Crippen molar-refractivity contribution in [3.63, 3.8) is 0 Å². The van der Waals surface area contributed by atoms with E-state index in [9.17, 15) is 5.11 Å². The van der Waals surface area contributed by atoms with E-state index in [2.05, 4.69) is 25.3 Å². The molecule has 604 valence electrons. The first-order valence-corrected chi connectivity index (χ1v) is 50.7. The van der Waals surface area contributed by atoms with Crippen molar-refractivity contribution in [1.82, 2.24) is 0 Å². The molecule has 0 aliphatic heterocycles. The second-order valence-corrected chi connectivity index (χ2v) is 43.5. The van der Waals surface area contributed by atoms with E-state index in [1.165, 1.54) is 42.7 Å². The summed E-state index contributed by atoms with van der Waals surface area (Å²) in [5, 5.41) is 53.3. The molecular weight excluding hydrogens is 1470 g/mol. The molecule has 40 heteroatoms. The minimum atomic E-state index is -2.61. The molecule has 0 spiro atoms. The highest BCUT2D eigenvalue weighted by Gasteiger charge is 2.44. The Morgan fingerprint density at radius 3 is 0.561 bits per heavy atom. The fourth-order valence-electron chi connectivity index (χ4n) is 8.31. The average Bonchev–Trinajstić information content (AvgIpc) is 1.09. The van der Waals surface area contributed by atoms with E-state index >= 15 is 0 Å². The maximum Gasteiger partial charge on any atom is 0.503 e. The predicted molar refractivity (Wildman–Crippen MR) is 406 cm³/mol. The maximum atomic E-state index is 9.36. The molecule has 98 heavy (non-hydrogen) atoms. The average molecular weight is 1610 g/mol. The van der Waals surface area contributed by atoms with Crippen molar-refractivity contribution < 1.29 is 137 Å². The molecule has 2 unspecified atom stereocenters. The molecule has 0 heterocycles. The van der Waals surface area contributed by atoms with Gasteiger partial charge in [-0.3, -0.25) is 0 Å². The Hall–Kier alpha value is 1.24. The molecule has 0 saturated heterocycles. The molecule has 0 saturated carbocycles. The van der Waals surface area contributed by atoms with Crippen LogP contribution in [0.3, 0.4) is 0 Å². The van der Waals surface area contributed by atoms with Crippen molar-refractivity contribution in [3.8, 4) is 0 Å². The molecule has 6 N–H and O–H groups in total. The first-order chi connectivity index (χ1) is 46.7. The summed E-state index contributed by atoms with van der Waals surface area (Å²) in [5.41, 5.74) is 0. The summed E-state index contributed by atoms with van der Waals surface area (Å²) < 4.78 is 128. The zero-order valence-electron chi connectivity index (χ0n) is 65.7. The van der Waals surface area contributed by atoms with Gasteiger partial charge in [-0.2, -0.15) is 25.3 Å². The summed E-state index contributed by atoms with van der Waals surface area (Å²) >= 11 is 8.30. The van der Waals surface area contributed by atoms with Gasteiger partial charge in [0, 0.05) is 239 Å². The van der Waals surface area contributed by atoms with Crippen molar-refractivity contribution in [3.05, 3.63) is 0 Å². The van der Waals surface area contributed by atoms with Crippen LogP contribution >= 0.6 is 25.3 Å². The van der Waals surface area contributed by atoms with Crippen LogP contribution in [0.1, 0.15) is 123 Å². The molecule has 0 radical (unpaired) electrons. The molecular formula is C58H148O30S2Si8. The fourth-order valence-corrected chi connectivity index (χ4v) is 25.9. The van der Waals surface area contributed by atoms with E-state index in [0.717, 1.165) is 36.4 Å². The van der Waals surface area contributed by atoms with Crippen LogP contribution in [0.5, 0.6) is 0 Å². The molecule has 0 bridgehead atoms. The Kier molecular flexibility index (Phi) is 91.4. The first-order valence-electron chi connectivity index (χ1n) is 34.0. The van der Waals surface area contributed by atoms with Gasteiger partial charge in [0.1, 0.15) is 0 Å². The lowest BCUT2D eigenvalue weighted by Crippen LogP contribution is -2.48. The lowest BCUT2D eigenvalue weighted by molar-refractivity contribution is 0.0580. The van der Waals surface area contributed by atoms with E-state index in [1.54, 1.807) is 56.5 Å². The molecule has 30 nitrogen and oxygen atoms in total. The molecule has 0 fully saturated rings. The lowest BCUT2D eigenvalue weighted by Gasteiger charge is -2.29. The monoisotopic (exact) mass is 1610 g/mol. The summed E-state index contributed by atoms with van der Waals surface area (Å²) in [6.45, 7) is 34.0. The summed E-state index contributed by atoms with van der Waals surface area (Å²) in [5.74, 6) is 1.69.